The molecule has 1 aromatic carbocycles. The number of carbonyl (C=O) groups excluding carboxylic acids is 1. The van der Waals surface area contributed by atoms with E-state index in [-0.39, 0.29) is 24.9 Å². The second-order valence-electron chi connectivity index (χ2n) is 6.62. The highest BCUT2D eigenvalue weighted by Gasteiger charge is 2.35. The normalized spacial score (nSPS) is 16.4. The molecule has 1 aromatic heterocycles. The van der Waals surface area contributed by atoms with Crippen LogP contribution < -0.4 is 11.1 Å². The number of nitrogens with zero attached hydrogens (tertiary/aromatic N) is 1. The molecular weight excluding hydrogens is 399 g/mol. The third-order valence-corrected chi connectivity index (χ3v) is 5.58. The van der Waals surface area contributed by atoms with Gasteiger partial charge in [-0.1, -0.05) is 31.4 Å². The van der Waals surface area contributed by atoms with Crippen LogP contribution in [0.2, 0.25) is 0 Å². The summed E-state index contributed by atoms with van der Waals surface area (Å²) in [6.07, 6.45) is 0.0414. The van der Waals surface area contributed by atoms with Crippen molar-refractivity contribution in [2.45, 2.75) is 50.4 Å². The van der Waals surface area contributed by atoms with Crippen molar-refractivity contribution >= 4 is 29.7 Å². The SMILES string of the molecule is Cl.NC1(C(=O)NCc2csc(-c3ccc(C(F)(F)F)cc3)n2)CCCCC1. The van der Waals surface area contributed by atoms with E-state index in [0.717, 1.165) is 31.4 Å². The van der Waals surface area contributed by atoms with Crippen molar-refractivity contribution < 1.29 is 18.0 Å². The fourth-order valence-corrected chi connectivity index (χ4v) is 3.90. The maximum Gasteiger partial charge on any atom is 0.416 e. The van der Waals surface area contributed by atoms with Gasteiger partial charge in [0.05, 0.1) is 23.3 Å². The molecular formula is C18H21ClF3N3OS. The van der Waals surface area contributed by atoms with Gasteiger partial charge in [-0.3, -0.25) is 4.79 Å². The molecule has 27 heavy (non-hydrogen) atoms. The Hall–Kier alpha value is -1.64. The predicted octanol–water partition coefficient (Wildman–Crippen LogP) is 4.53. The third-order valence-electron chi connectivity index (χ3n) is 4.64. The molecule has 1 heterocycles. The summed E-state index contributed by atoms with van der Waals surface area (Å²) in [5.41, 5.74) is 5.98. The Morgan fingerprint density at radius 3 is 2.41 bits per heavy atom. The summed E-state index contributed by atoms with van der Waals surface area (Å²) < 4.78 is 37.9. The van der Waals surface area contributed by atoms with E-state index in [2.05, 4.69) is 10.3 Å². The van der Waals surface area contributed by atoms with E-state index >= 15 is 0 Å². The summed E-state index contributed by atoms with van der Waals surface area (Å²) in [5.74, 6) is -0.165. The van der Waals surface area contributed by atoms with E-state index in [0.29, 0.717) is 29.1 Å². The minimum Gasteiger partial charge on any atom is -0.349 e. The van der Waals surface area contributed by atoms with Gasteiger partial charge >= 0.3 is 6.18 Å². The zero-order valence-electron chi connectivity index (χ0n) is 14.5. The van der Waals surface area contributed by atoms with E-state index in [1.807, 2.05) is 0 Å². The minimum atomic E-state index is -4.35. The van der Waals surface area contributed by atoms with Crippen molar-refractivity contribution in [2.24, 2.45) is 5.73 Å². The fraction of sp³-hybridized carbons (Fsp3) is 0.444. The zero-order valence-corrected chi connectivity index (χ0v) is 16.1. The molecule has 1 aliphatic carbocycles. The summed E-state index contributed by atoms with van der Waals surface area (Å²) in [6, 6.07) is 4.89. The van der Waals surface area contributed by atoms with Gasteiger partial charge in [-0.15, -0.1) is 23.7 Å². The molecule has 1 amide bonds. The molecule has 0 saturated heterocycles. The van der Waals surface area contributed by atoms with Crippen LogP contribution in [-0.2, 0) is 17.5 Å². The lowest BCUT2D eigenvalue weighted by atomic mass is 9.82. The van der Waals surface area contributed by atoms with Crippen molar-refractivity contribution in [1.29, 1.82) is 0 Å². The van der Waals surface area contributed by atoms with Crippen LogP contribution >= 0.6 is 23.7 Å². The van der Waals surface area contributed by atoms with E-state index in [1.54, 1.807) is 5.38 Å². The lowest BCUT2D eigenvalue weighted by molar-refractivity contribution is -0.137. The first-order valence-corrected chi connectivity index (χ1v) is 9.35. The highest BCUT2D eigenvalue weighted by Crippen LogP contribution is 2.32. The quantitative estimate of drug-likeness (QED) is 0.765. The third kappa shape index (κ3) is 5.21. The molecule has 3 rings (SSSR count). The largest absolute Gasteiger partial charge is 0.416 e. The summed E-state index contributed by atoms with van der Waals surface area (Å²) in [5, 5.41) is 5.24. The van der Waals surface area contributed by atoms with Gasteiger partial charge < -0.3 is 11.1 Å². The molecule has 0 atom stereocenters. The molecule has 9 heteroatoms. The van der Waals surface area contributed by atoms with Crippen LogP contribution in [0.3, 0.4) is 0 Å². The monoisotopic (exact) mass is 419 g/mol. The molecule has 1 aliphatic rings. The number of nitrogens with two attached hydrogens (primary N) is 1. The van der Waals surface area contributed by atoms with E-state index in [9.17, 15) is 18.0 Å². The Kier molecular flexibility index (Phi) is 6.88. The van der Waals surface area contributed by atoms with Crippen molar-refractivity contribution in [3.8, 4) is 10.6 Å². The number of nitrogens with one attached hydrogen (secondary N) is 1. The fourth-order valence-electron chi connectivity index (χ4n) is 3.08. The molecule has 0 spiro atoms. The van der Waals surface area contributed by atoms with E-state index in [4.69, 9.17) is 5.73 Å². The maximum atomic E-state index is 12.6. The van der Waals surface area contributed by atoms with Gasteiger partial charge in [0.25, 0.3) is 0 Å². The number of amides is 1. The predicted molar refractivity (Wildman–Crippen MR) is 102 cm³/mol. The molecule has 0 aliphatic heterocycles. The minimum absolute atomic E-state index is 0. The van der Waals surface area contributed by atoms with Gasteiger partial charge in [-0.25, -0.2) is 4.98 Å². The second-order valence-corrected chi connectivity index (χ2v) is 7.48. The van der Waals surface area contributed by atoms with Crippen LogP contribution in [0.15, 0.2) is 29.6 Å². The summed E-state index contributed by atoms with van der Waals surface area (Å²) in [7, 11) is 0. The molecule has 148 valence electrons. The van der Waals surface area contributed by atoms with Crippen molar-refractivity contribution in [2.75, 3.05) is 0 Å². The number of alkyl halides is 3. The second kappa shape index (κ2) is 8.58. The standard InChI is InChI=1S/C18H20F3N3OS.ClH/c19-18(20,21)13-6-4-12(5-7-13)15-24-14(11-26-15)10-23-16(25)17(22)8-2-1-3-9-17;/h4-7,11H,1-3,8-10,22H2,(H,23,25);1H. The number of aromatic nitrogens is 1. The lowest BCUT2D eigenvalue weighted by Crippen LogP contribution is -2.54. The van der Waals surface area contributed by atoms with Crippen molar-refractivity contribution in [3.05, 3.63) is 40.9 Å². The first-order valence-electron chi connectivity index (χ1n) is 8.47. The lowest BCUT2D eigenvalue weighted by Gasteiger charge is -2.31. The zero-order chi connectivity index (χ0) is 18.8. The van der Waals surface area contributed by atoms with Crippen LogP contribution in [0.1, 0.15) is 43.4 Å². The number of hydrogen-bond acceptors (Lipinski definition) is 4. The van der Waals surface area contributed by atoms with Crippen LogP contribution in [0.25, 0.3) is 10.6 Å². The molecule has 2 aromatic rings. The highest BCUT2D eigenvalue weighted by atomic mass is 35.5. The number of benzene rings is 1. The van der Waals surface area contributed by atoms with Crippen LogP contribution in [0.4, 0.5) is 13.2 Å². The number of carbonyl (C=O) groups is 1. The Morgan fingerprint density at radius 1 is 1.19 bits per heavy atom. The molecule has 0 unspecified atom stereocenters. The smallest absolute Gasteiger partial charge is 0.349 e. The van der Waals surface area contributed by atoms with Crippen LogP contribution in [0.5, 0.6) is 0 Å². The van der Waals surface area contributed by atoms with Crippen molar-refractivity contribution in [3.63, 3.8) is 0 Å². The Morgan fingerprint density at radius 2 is 1.81 bits per heavy atom. The average Bonchev–Trinajstić information content (AvgIpc) is 3.08. The molecule has 0 radical (unpaired) electrons. The number of hydrogen-bond donors (Lipinski definition) is 2. The molecule has 0 bridgehead atoms. The highest BCUT2D eigenvalue weighted by molar-refractivity contribution is 7.13. The Balaban J connectivity index is 0.00000261. The molecule has 1 fully saturated rings. The summed E-state index contributed by atoms with van der Waals surface area (Å²) >= 11 is 1.33. The summed E-state index contributed by atoms with van der Waals surface area (Å²) in [4.78, 5) is 16.7. The number of thiazole rings is 1. The maximum absolute atomic E-state index is 12.6. The Labute approximate surface area is 165 Å². The van der Waals surface area contributed by atoms with E-state index < -0.39 is 17.3 Å². The summed E-state index contributed by atoms with van der Waals surface area (Å²) in [6.45, 7) is 0.259. The van der Waals surface area contributed by atoms with Crippen LogP contribution in [-0.4, -0.2) is 16.4 Å². The number of rotatable bonds is 4. The molecule has 1 saturated carbocycles. The van der Waals surface area contributed by atoms with Gasteiger partial charge in [0.2, 0.25) is 5.91 Å². The Bertz CT molecular complexity index is 771. The number of halogens is 4. The van der Waals surface area contributed by atoms with Gasteiger partial charge in [0, 0.05) is 10.9 Å². The van der Waals surface area contributed by atoms with E-state index in [1.165, 1.54) is 23.5 Å². The molecule has 3 N–H and O–H groups in total. The van der Waals surface area contributed by atoms with Gasteiger partial charge in [0.15, 0.2) is 0 Å². The van der Waals surface area contributed by atoms with Gasteiger partial charge in [-0.2, -0.15) is 13.2 Å². The molecule has 4 nitrogen and oxygen atoms in total. The van der Waals surface area contributed by atoms with Gasteiger partial charge in [0.1, 0.15) is 5.01 Å². The first kappa shape index (κ1) is 21.7. The van der Waals surface area contributed by atoms with Crippen LogP contribution in [0, 0.1) is 0 Å². The van der Waals surface area contributed by atoms with Gasteiger partial charge in [-0.05, 0) is 25.0 Å². The topological polar surface area (TPSA) is 68.0 Å². The first-order chi connectivity index (χ1) is 12.3. The van der Waals surface area contributed by atoms with Crippen molar-refractivity contribution in [1.82, 2.24) is 10.3 Å². The average molecular weight is 420 g/mol.